The summed E-state index contributed by atoms with van der Waals surface area (Å²) < 4.78 is 38.5. The fourth-order valence-electron chi connectivity index (χ4n) is 2.22. The van der Waals surface area contributed by atoms with Gasteiger partial charge in [0.1, 0.15) is 13.2 Å². The second-order valence-electron chi connectivity index (χ2n) is 4.94. The second kappa shape index (κ2) is 5.94. The van der Waals surface area contributed by atoms with Gasteiger partial charge in [-0.25, -0.2) is 13.1 Å². The van der Waals surface area contributed by atoms with Crippen LogP contribution in [-0.4, -0.2) is 26.6 Å². The van der Waals surface area contributed by atoms with Crippen molar-refractivity contribution in [3.05, 3.63) is 47.8 Å². The summed E-state index contributed by atoms with van der Waals surface area (Å²) in [5.74, 6) is 1.04. The number of hydrogen-bond acceptors (Lipinski definition) is 5. The number of aryl methyl sites for hydroxylation is 1. The van der Waals surface area contributed by atoms with Crippen molar-refractivity contribution in [3.63, 3.8) is 0 Å². The zero-order valence-corrected chi connectivity index (χ0v) is 12.9. The average molecular weight is 320 g/mol. The minimum atomic E-state index is -3.63. The van der Waals surface area contributed by atoms with Crippen molar-refractivity contribution >= 4 is 10.0 Å². The highest BCUT2D eigenvalue weighted by Crippen LogP contribution is 2.34. The molecule has 1 aliphatic rings. The van der Waals surface area contributed by atoms with E-state index in [0.717, 1.165) is 5.56 Å². The monoisotopic (exact) mass is 320 g/mol. The molecule has 2 aromatic rings. The zero-order chi connectivity index (χ0) is 15.6. The highest BCUT2D eigenvalue weighted by molar-refractivity contribution is 7.89. The number of aromatic nitrogens is 1. The minimum Gasteiger partial charge on any atom is -0.486 e. The molecule has 0 aliphatic carbocycles. The Morgan fingerprint density at radius 3 is 2.45 bits per heavy atom. The smallest absolute Gasteiger partial charge is 0.241 e. The summed E-state index contributed by atoms with van der Waals surface area (Å²) in [5, 5.41) is 0. The van der Waals surface area contributed by atoms with Gasteiger partial charge in [0.15, 0.2) is 11.5 Å². The van der Waals surface area contributed by atoms with E-state index in [0.29, 0.717) is 30.3 Å². The third-order valence-electron chi connectivity index (χ3n) is 3.34. The van der Waals surface area contributed by atoms with Crippen LogP contribution >= 0.6 is 0 Å². The third-order valence-corrected chi connectivity index (χ3v) is 4.89. The molecule has 1 N–H and O–H groups in total. The van der Waals surface area contributed by atoms with E-state index in [1.54, 1.807) is 37.5 Å². The van der Waals surface area contributed by atoms with Crippen molar-refractivity contribution < 1.29 is 17.9 Å². The Bertz CT molecular complexity index is 776. The van der Waals surface area contributed by atoms with Gasteiger partial charge in [-0.05, 0) is 36.2 Å². The molecule has 0 spiro atoms. The zero-order valence-electron chi connectivity index (χ0n) is 12.1. The van der Waals surface area contributed by atoms with Crippen molar-refractivity contribution in [1.29, 1.82) is 0 Å². The molecular formula is C15H16N2O4S. The summed E-state index contributed by atoms with van der Waals surface area (Å²) in [4.78, 5) is 4.10. The van der Waals surface area contributed by atoms with Crippen LogP contribution in [0.5, 0.6) is 11.5 Å². The molecule has 0 saturated heterocycles. The van der Waals surface area contributed by atoms with Crippen LogP contribution in [0.25, 0.3) is 0 Å². The van der Waals surface area contributed by atoms with E-state index in [-0.39, 0.29) is 11.4 Å². The topological polar surface area (TPSA) is 77.5 Å². The molecule has 1 aliphatic heterocycles. The number of sulfonamides is 1. The summed E-state index contributed by atoms with van der Waals surface area (Å²) in [6, 6.07) is 6.73. The van der Waals surface area contributed by atoms with Crippen molar-refractivity contribution in [2.75, 3.05) is 13.2 Å². The molecule has 3 rings (SSSR count). The Morgan fingerprint density at radius 2 is 1.77 bits per heavy atom. The van der Waals surface area contributed by atoms with E-state index >= 15 is 0 Å². The number of pyridine rings is 1. The van der Waals surface area contributed by atoms with Crippen molar-refractivity contribution in [2.24, 2.45) is 0 Å². The van der Waals surface area contributed by atoms with E-state index in [1.807, 2.05) is 0 Å². The van der Waals surface area contributed by atoms with Gasteiger partial charge < -0.3 is 9.47 Å². The van der Waals surface area contributed by atoms with Crippen LogP contribution in [-0.2, 0) is 16.6 Å². The van der Waals surface area contributed by atoms with E-state index in [1.165, 1.54) is 6.07 Å². The number of benzene rings is 1. The maximum absolute atomic E-state index is 12.5. The summed E-state index contributed by atoms with van der Waals surface area (Å²) in [5.41, 5.74) is 1.46. The molecule has 116 valence electrons. The number of rotatable bonds is 4. The molecular weight excluding hydrogens is 304 g/mol. The predicted octanol–water partition coefficient (Wildman–Crippen LogP) is 1.64. The van der Waals surface area contributed by atoms with Crippen LogP contribution in [0.15, 0.2) is 41.6 Å². The lowest BCUT2D eigenvalue weighted by Crippen LogP contribution is -2.24. The Balaban J connectivity index is 1.85. The quantitative estimate of drug-likeness (QED) is 0.926. The summed E-state index contributed by atoms with van der Waals surface area (Å²) >= 11 is 0. The van der Waals surface area contributed by atoms with Crippen molar-refractivity contribution in [3.8, 4) is 11.5 Å². The molecule has 7 heteroatoms. The molecule has 0 saturated carbocycles. The van der Waals surface area contributed by atoms with Crippen LogP contribution in [0.3, 0.4) is 0 Å². The SMILES string of the molecule is Cc1cc2c(cc1S(=O)(=O)NCc1ccncc1)OCCO2. The van der Waals surface area contributed by atoms with Gasteiger partial charge in [0, 0.05) is 25.0 Å². The van der Waals surface area contributed by atoms with Crippen LogP contribution in [0.4, 0.5) is 0 Å². The first-order valence-electron chi connectivity index (χ1n) is 6.85. The van der Waals surface area contributed by atoms with Crippen molar-refractivity contribution in [1.82, 2.24) is 9.71 Å². The summed E-state index contributed by atoms with van der Waals surface area (Å²) in [7, 11) is -3.63. The Labute approximate surface area is 129 Å². The van der Waals surface area contributed by atoms with Crippen LogP contribution < -0.4 is 14.2 Å². The molecule has 0 unspecified atom stereocenters. The molecule has 0 radical (unpaired) electrons. The van der Waals surface area contributed by atoms with Gasteiger partial charge in [0.25, 0.3) is 0 Å². The number of fused-ring (bicyclic) bond motifs is 1. The molecule has 0 fully saturated rings. The number of nitrogens with one attached hydrogen (secondary N) is 1. The van der Waals surface area contributed by atoms with Gasteiger partial charge in [-0.3, -0.25) is 4.98 Å². The lowest BCUT2D eigenvalue weighted by molar-refractivity contribution is 0.171. The van der Waals surface area contributed by atoms with Crippen molar-refractivity contribution in [2.45, 2.75) is 18.4 Å². The maximum atomic E-state index is 12.5. The van der Waals surface area contributed by atoms with Crippen LogP contribution in [0.1, 0.15) is 11.1 Å². The van der Waals surface area contributed by atoms with E-state index in [9.17, 15) is 8.42 Å². The molecule has 2 heterocycles. The highest BCUT2D eigenvalue weighted by atomic mass is 32.2. The van der Waals surface area contributed by atoms with E-state index in [4.69, 9.17) is 9.47 Å². The number of nitrogens with zero attached hydrogens (tertiary/aromatic N) is 1. The third kappa shape index (κ3) is 3.05. The molecule has 1 aromatic carbocycles. The van der Waals surface area contributed by atoms with Gasteiger partial charge in [-0.2, -0.15) is 0 Å². The average Bonchev–Trinajstić information content (AvgIpc) is 2.53. The van der Waals surface area contributed by atoms with E-state index < -0.39 is 10.0 Å². The van der Waals surface area contributed by atoms with Gasteiger partial charge >= 0.3 is 0 Å². The largest absolute Gasteiger partial charge is 0.486 e. The normalized spacial score (nSPS) is 13.9. The Morgan fingerprint density at radius 1 is 1.14 bits per heavy atom. The maximum Gasteiger partial charge on any atom is 0.241 e. The minimum absolute atomic E-state index is 0.200. The Hall–Kier alpha value is -2.12. The van der Waals surface area contributed by atoms with E-state index in [2.05, 4.69) is 9.71 Å². The molecule has 0 amide bonds. The predicted molar refractivity (Wildman–Crippen MR) is 80.4 cm³/mol. The van der Waals surface area contributed by atoms with Gasteiger partial charge in [-0.15, -0.1) is 0 Å². The van der Waals surface area contributed by atoms with Gasteiger partial charge in [-0.1, -0.05) is 0 Å². The van der Waals surface area contributed by atoms with Gasteiger partial charge in [0.05, 0.1) is 4.90 Å². The first-order chi connectivity index (χ1) is 10.6. The highest BCUT2D eigenvalue weighted by Gasteiger charge is 2.22. The van der Waals surface area contributed by atoms with Crippen LogP contribution in [0.2, 0.25) is 0 Å². The van der Waals surface area contributed by atoms with Crippen LogP contribution in [0, 0.1) is 6.92 Å². The molecule has 6 nitrogen and oxygen atoms in total. The standard InChI is InChI=1S/C15H16N2O4S/c1-11-8-13-14(21-7-6-20-13)9-15(11)22(18,19)17-10-12-2-4-16-5-3-12/h2-5,8-9,17H,6-7,10H2,1H3. The molecule has 1 aromatic heterocycles. The fourth-order valence-corrected chi connectivity index (χ4v) is 3.48. The lowest BCUT2D eigenvalue weighted by atomic mass is 10.2. The number of ether oxygens (including phenoxy) is 2. The second-order valence-corrected chi connectivity index (χ2v) is 6.68. The fraction of sp³-hybridized carbons (Fsp3) is 0.267. The Kier molecular flexibility index (Phi) is 4.00. The molecule has 0 atom stereocenters. The molecule has 0 bridgehead atoms. The molecule has 22 heavy (non-hydrogen) atoms. The first-order valence-corrected chi connectivity index (χ1v) is 8.33. The lowest BCUT2D eigenvalue weighted by Gasteiger charge is -2.20. The summed E-state index contributed by atoms with van der Waals surface area (Å²) in [6.07, 6.45) is 3.25. The summed E-state index contributed by atoms with van der Waals surface area (Å²) in [6.45, 7) is 2.83. The van der Waals surface area contributed by atoms with Gasteiger partial charge in [0.2, 0.25) is 10.0 Å². The number of hydrogen-bond donors (Lipinski definition) is 1. The first kappa shape index (κ1) is 14.8.